The molecule has 5 N–H and O–H groups in total. The van der Waals surface area contributed by atoms with E-state index in [0.717, 1.165) is 22.5 Å². The van der Waals surface area contributed by atoms with Crippen molar-refractivity contribution in [2.75, 3.05) is 16.8 Å². The summed E-state index contributed by atoms with van der Waals surface area (Å²) in [5.74, 6) is 0.0915. The molecule has 1 amide bonds. The van der Waals surface area contributed by atoms with Crippen molar-refractivity contribution in [1.29, 1.82) is 5.26 Å². The number of aryl methyl sites for hydroxylation is 1. The molecule has 0 aliphatic rings. The van der Waals surface area contributed by atoms with Gasteiger partial charge in [-0.3, -0.25) is 4.79 Å². The second-order valence-electron chi connectivity index (χ2n) is 8.08. The van der Waals surface area contributed by atoms with Crippen molar-refractivity contribution in [3.8, 4) is 17.2 Å². The van der Waals surface area contributed by atoms with E-state index in [4.69, 9.17) is 23.1 Å². The third-order valence-electron chi connectivity index (χ3n) is 5.52. The number of nitrogen functional groups attached to an aromatic ring is 2. The Morgan fingerprint density at radius 2 is 1.88 bits per heavy atom. The number of anilines is 3. The molecular formula is C25H22ClN5OS. The number of carbonyl (C=O) groups is 1. The first-order valence-corrected chi connectivity index (χ1v) is 11.5. The lowest BCUT2D eigenvalue weighted by atomic mass is 9.94. The molecule has 0 bridgehead atoms. The summed E-state index contributed by atoms with van der Waals surface area (Å²) >= 11 is 7.32. The fourth-order valence-electron chi connectivity index (χ4n) is 3.63. The first-order valence-electron chi connectivity index (χ1n) is 10.3. The maximum absolute atomic E-state index is 13.1. The van der Waals surface area contributed by atoms with Crippen LogP contribution in [0.1, 0.15) is 46.1 Å². The Balaban J connectivity index is 1.86. The molecule has 0 fully saturated rings. The number of nitrogens with zero attached hydrogens (tertiary/aromatic N) is 2. The Labute approximate surface area is 200 Å². The number of nitrogens with two attached hydrogens (primary N) is 2. The van der Waals surface area contributed by atoms with E-state index in [1.54, 1.807) is 12.1 Å². The zero-order valence-electron chi connectivity index (χ0n) is 18.4. The summed E-state index contributed by atoms with van der Waals surface area (Å²) in [5, 5.41) is 13.8. The van der Waals surface area contributed by atoms with Gasteiger partial charge in [0.05, 0.1) is 5.69 Å². The molecule has 2 aromatic carbocycles. The van der Waals surface area contributed by atoms with Crippen LogP contribution in [0, 0.1) is 18.3 Å². The normalized spacial score (nSPS) is 11.0. The predicted molar refractivity (Wildman–Crippen MR) is 137 cm³/mol. The highest BCUT2D eigenvalue weighted by Crippen LogP contribution is 2.43. The number of halogens is 1. The van der Waals surface area contributed by atoms with Crippen molar-refractivity contribution in [3.05, 3.63) is 69.1 Å². The number of amides is 1. The van der Waals surface area contributed by atoms with Crippen LogP contribution < -0.4 is 16.8 Å². The summed E-state index contributed by atoms with van der Waals surface area (Å²) < 4.78 is 0. The van der Waals surface area contributed by atoms with Gasteiger partial charge in [0.25, 0.3) is 5.91 Å². The highest BCUT2D eigenvalue weighted by atomic mass is 35.5. The summed E-state index contributed by atoms with van der Waals surface area (Å²) in [7, 11) is 0. The van der Waals surface area contributed by atoms with Crippen molar-refractivity contribution in [2.24, 2.45) is 0 Å². The van der Waals surface area contributed by atoms with Crippen molar-refractivity contribution in [3.63, 3.8) is 0 Å². The van der Waals surface area contributed by atoms with Gasteiger partial charge in [-0.2, -0.15) is 5.26 Å². The number of rotatable bonds is 4. The highest BCUT2D eigenvalue weighted by molar-refractivity contribution is 7.21. The smallest absolute Gasteiger partial charge is 0.267 e. The summed E-state index contributed by atoms with van der Waals surface area (Å²) in [6, 6.07) is 15.3. The van der Waals surface area contributed by atoms with E-state index in [-0.39, 0.29) is 23.0 Å². The van der Waals surface area contributed by atoms with Gasteiger partial charge in [0.2, 0.25) is 0 Å². The number of thiophene rings is 1. The number of hydrogen-bond donors (Lipinski definition) is 3. The number of carbonyl (C=O) groups excluding carboxylic acids is 1. The number of hydrogen-bond acceptors (Lipinski definition) is 6. The molecule has 0 aliphatic heterocycles. The fraction of sp³-hybridized carbons (Fsp3) is 0.160. The molecule has 4 aromatic rings. The first-order chi connectivity index (χ1) is 15.7. The van der Waals surface area contributed by atoms with Crippen molar-refractivity contribution >= 4 is 56.3 Å². The van der Waals surface area contributed by atoms with E-state index < -0.39 is 0 Å². The lowest BCUT2D eigenvalue weighted by molar-refractivity contribution is 0.103. The van der Waals surface area contributed by atoms with Crippen molar-refractivity contribution in [1.82, 2.24) is 4.98 Å². The molecule has 0 saturated heterocycles. The van der Waals surface area contributed by atoms with Crippen molar-refractivity contribution in [2.45, 2.75) is 26.7 Å². The number of benzene rings is 2. The molecule has 8 heteroatoms. The molecule has 0 saturated carbocycles. The van der Waals surface area contributed by atoms with E-state index in [0.29, 0.717) is 37.3 Å². The SMILES string of the molecule is Cc1ccc(NC(=O)c2sc3nc(N)c(C#N)c(-c4ccc(C(C)C)cc4)c3c2N)cc1Cl. The van der Waals surface area contributed by atoms with Crippen LogP contribution in [0.2, 0.25) is 5.02 Å². The molecule has 0 unspecified atom stereocenters. The molecule has 166 valence electrons. The fourth-order valence-corrected chi connectivity index (χ4v) is 4.82. The van der Waals surface area contributed by atoms with Gasteiger partial charge in [-0.1, -0.05) is 55.8 Å². The van der Waals surface area contributed by atoms with E-state index in [1.165, 1.54) is 5.56 Å². The van der Waals surface area contributed by atoms with E-state index >= 15 is 0 Å². The minimum Gasteiger partial charge on any atom is -0.397 e. The second kappa shape index (κ2) is 8.74. The average Bonchev–Trinajstić information content (AvgIpc) is 3.11. The topological polar surface area (TPSA) is 118 Å². The van der Waals surface area contributed by atoms with Crippen LogP contribution in [0.15, 0.2) is 42.5 Å². The molecule has 0 spiro atoms. The molecule has 2 heterocycles. The van der Waals surface area contributed by atoms with Crippen LogP contribution in [0.4, 0.5) is 17.2 Å². The van der Waals surface area contributed by atoms with Crippen LogP contribution in [0.5, 0.6) is 0 Å². The zero-order valence-corrected chi connectivity index (χ0v) is 19.9. The minimum atomic E-state index is -0.381. The molecular weight excluding hydrogens is 454 g/mol. The molecule has 0 aliphatic carbocycles. The van der Waals surface area contributed by atoms with Crippen LogP contribution >= 0.6 is 22.9 Å². The summed E-state index contributed by atoms with van der Waals surface area (Å²) in [5.41, 5.74) is 17.1. The van der Waals surface area contributed by atoms with Crippen LogP contribution in [0.25, 0.3) is 21.3 Å². The molecule has 4 rings (SSSR count). The van der Waals surface area contributed by atoms with Crippen LogP contribution in [0.3, 0.4) is 0 Å². The third-order valence-corrected chi connectivity index (χ3v) is 7.02. The summed E-state index contributed by atoms with van der Waals surface area (Å²) in [6.07, 6.45) is 0. The standard InChI is InChI=1S/C25H22ClN5OS/c1-12(2)14-5-7-15(8-6-14)19-17(11-27)23(29)31-25-20(19)21(28)22(33-25)24(32)30-16-9-4-13(3)18(26)10-16/h4-10,12H,28H2,1-3H3,(H2,29,31)(H,30,32). The van der Waals surface area contributed by atoms with Gasteiger partial charge in [-0.05, 0) is 41.7 Å². The number of aromatic nitrogens is 1. The number of pyridine rings is 1. The molecule has 0 radical (unpaired) electrons. The zero-order chi connectivity index (χ0) is 23.9. The van der Waals surface area contributed by atoms with Gasteiger partial charge >= 0.3 is 0 Å². The summed E-state index contributed by atoms with van der Waals surface area (Å²) in [6.45, 7) is 6.11. The Kier molecular flexibility index (Phi) is 5.98. The van der Waals surface area contributed by atoms with E-state index in [2.05, 4.69) is 30.2 Å². The minimum absolute atomic E-state index is 0.103. The van der Waals surface area contributed by atoms with Gasteiger partial charge in [0.15, 0.2) is 0 Å². The second-order valence-corrected chi connectivity index (χ2v) is 9.48. The molecule has 2 aromatic heterocycles. The highest BCUT2D eigenvalue weighted by Gasteiger charge is 2.24. The Morgan fingerprint density at radius 1 is 1.18 bits per heavy atom. The predicted octanol–water partition coefficient (Wildman–Crippen LogP) is 6.34. The van der Waals surface area contributed by atoms with Crippen LogP contribution in [-0.4, -0.2) is 10.9 Å². The Morgan fingerprint density at radius 3 is 2.48 bits per heavy atom. The first kappa shape index (κ1) is 22.6. The monoisotopic (exact) mass is 475 g/mol. The maximum atomic E-state index is 13.1. The van der Waals surface area contributed by atoms with Gasteiger partial charge in [0, 0.05) is 21.7 Å². The van der Waals surface area contributed by atoms with Gasteiger partial charge in [0.1, 0.15) is 27.2 Å². The average molecular weight is 476 g/mol. The van der Waals surface area contributed by atoms with Gasteiger partial charge in [-0.25, -0.2) is 4.98 Å². The van der Waals surface area contributed by atoms with Gasteiger partial charge in [-0.15, -0.1) is 11.3 Å². The lowest BCUT2D eigenvalue weighted by Gasteiger charge is -2.11. The number of nitriles is 1. The Bertz CT molecular complexity index is 1430. The molecule has 6 nitrogen and oxygen atoms in total. The quantitative estimate of drug-likeness (QED) is 0.318. The van der Waals surface area contributed by atoms with Crippen LogP contribution in [-0.2, 0) is 0 Å². The maximum Gasteiger partial charge on any atom is 0.267 e. The molecule has 0 atom stereocenters. The number of nitrogens with one attached hydrogen (secondary N) is 1. The van der Waals surface area contributed by atoms with Gasteiger partial charge < -0.3 is 16.8 Å². The van der Waals surface area contributed by atoms with E-state index in [1.807, 2.05) is 37.3 Å². The third kappa shape index (κ3) is 4.11. The van der Waals surface area contributed by atoms with Crippen molar-refractivity contribution < 1.29 is 4.79 Å². The lowest BCUT2D eigenvalue weighted by Crippen LogP contribution is -2.12. The number of fused-ring (bicyclic) bond motifs is 1. The summed E-state index contributed by atoms with van der Waals surface area (Å²) in [4.78, 5) is 18.2. The van der Waals surface area contributed by atoms with E-state index in [9.17, 15) is 10.1 Å². The largest absolute Gasteiger partial charge is 0.397 e. The molecule has 33 heavy (non-hydrogen) atoms. The Hall–Kier alpha value is -3.60.